The number of nitrogens with one attached hydrogen (secondary N) is 1. The van der Waals surface area contributed by atoms with Crippen LogP contribution in [0.15, 0.2) is 46.0 Å². The summed E-state index contributed by atoms with van der Waals surface area (Å²) in [4.78, 5) is 12.1. The molecule has 0 aromatic heterocycles. The number of aromatic hydroxyl groups is 1. The molecule has 8 heteroatoms. The van der Waals surface area contributed by atoms with Gasteiger partial charge in [0.15, 0.2) is 23.0 Å². The molecule has 1 amide bonds. The molecule has 25 heavy (non-hydrogen) atoms. The molecule has 1 atom stereocenters. The van der Waals surface area contributed by atoms with E-state index >= 15 is 0 Å². The highest BCUT2D eigenvalue weighted by Crippen LogP contribution is 2.34. The molecule has 2 N–H and O–H groups in total. The second-order valence-corrected chi connectivity index (χ2v) is 6.01. The van der Waals surface area contributed by atoms with Crippen LogP contribution in [0.4, 0.5) is 0 Å². The fraction of sp³-hybridized carbons (Fsp3) is 0.176. The number of rotatable bonds is 4. The number of carbonyl (C=O) groups excluding carboxylic acids is 1. The first kappa shape index (κ1) is 17.1. The van der Waals surface area contributed by atoms with Gasteiger partial charge in [-0.3, -0.25) is 4.79 Å². The van der Waals surface area contributed by atoms with Gasteiger partial charge in [-0.15, -0.1) is 0 Å². The number of benzene rings is 2. The van der Waals surface area contributed by atoms with Gasteiger partial charge >= 0.3 is 0 Å². The topological polar surface area (TPSA) is 89.4 Å². The minimum atomic E-state index is -0.784. The highest BCUT2D eigenvalue weighted by Gasteiger charge is 2.26. The van der Waals surface area contributed by atoms with Crippen LogP contribution in [0, 0.1) is 0 Å². The van der Waals surface area contributed by atoms with Gasteiger partial charge < -0.3 is 19.3 Å². The Morgan fingerprint density at radius 1 is 1.40 bits per heavy atom. The average Bonchev–Trinajstić information content (AvgIpc) is 2.63. The molecule has 0 fully saturated rings. The van der Waals surface area contributed by atoms with E-state index in [1.54, 1.807) is 30.3 Å². The first-order valence-electron chi connectivity index (χ1n) is 7.36. The standard InChI is InChI=1S/C17H15BrN2O5/c1-23-14-7-10(6-11(18)16(14)21)8-19-20-17(22)15-9-24-12-4-2-3-5-13(12)25-15/h2-8,15,21H,9H2,1H3,(H,20,22)/b19-8+/t15-/m1/s1. The number of amides is 1. The van der Waals surface area contributed by atoms with Crippen molar-refractivity contribution < 1.29 is 24.1 Å². The minimum Gasteiger partial charge on any atom is -0.503 e. The molecule has 7 nitrogen and oxygen atoms in total. The lowest BCUT2D eigenvalue weighted by Gasteiger charge is -2.24. The zero-order valence-corrected chi connectivity index (χ0v) is 14.8. The summed E-state index contributed by atoms with van der Waals surface area (Å²) in [6.07, 6.45) is 0.649. The number of para-hydroxylation sites is 2. The minimum absolute atomic E-state index is 0.00453. The van der Waals surface area contributed by atoms with E-state index in [0.717, 1.165) is 0 Å². The van der Waals surface area contributed by atoms with Gasteiger partial charge in [-0.25, -0.2) is 5.43 Å². The smallest absolute Gasteiger partial charge is 0.284 e. The summed E-state index contributed by atoms with van der Waals surface area (Å²) in [5, 5.41) is 13.7. The molecule has 3 rings (SSSR count). The fourth-order valence-corrected chi connectivity index (χ4v) is 2.67. The van der Waals surface area contributed by atoms with Crippen molar-refractivity contribution >= 4 is 28.1 Å². The summed E-state index contributed by atoms with van der Waals surface area (Å²) in [6.45, 7) is 0.108. The Morgan fingerprint density at radius 3 is 2.92 bits per heavy atom. The van der Waals surface area contributed by atoms with Crippen molar-refractivity contribution in [3.63, 3.8) is 0 Å². The normalized spacial score (nSPS) is 15.8. The lowest BCUT2D eigenvalue weighted by Crippen LogP contribution is -2.42. The number of fused-ring (bicyclic) bond motifs is 1. The molecular weight excluding hydrogens is 392 g/mol. The number of nitrogens with zero attached hydrogens (tertiary/aromatic N) is 1. The quantitative estimate of drug-likeness (QED) is 0.601. The van der Waals surface area contributed by atoms with Crippen LogP contribution in [0.25, 0.3) is 0 Å². The van der Waals surface area contributed by atoms with Gasteiger partial charge in [0.25, 0.3) is 5.91 Å². The molecule has 2 aromatic rings. The van der Waals surface area contributed by atoms with E-state index in [9.17, 15) is 9.90 Å². The molecule has 1 aliphatic rings. The molecule has 0 unspecified atom stereocenters. The molecule has 1 heterocycles. The van der Waals surface area contributed by atoms with Gasteiger partial charge in [0.1, 0.15) is 6.61 Å². The second-order valence-electron chi connectivity index (χ2n) is 5.15. The van der Waals surface area contributed by atoms with Crippen LogP contribution in [0.1, 0.15) is 5.56 Å². The second kappa shape index (κ2) is 7.43. The van der Waals surface area contributed by atoms with Crippen LogP contribution in [-0.4, -0.2) is 37.0 Å². The molecule has 130 valence electrons. The fourth-order valence-electron chi connectivity index (χ4n) is 2.22. The average molecular weight is 407 g/mol. The van der Waals surface area contributed by atoms with Crippen molar-refractivity contribution in [3.05, 3.63) is 46.4 Å². The van der Waals surface area contributed by atoms with E-state index < -0.39 is 12.0 Å². The van der Waals surface area contributed by atoms with E-state index in [4.69, 9.17) is 14.2 Å². The first-order chi connectivity index (χ1) is 12.1. The van der Waals surface area contributed by atoms with Crippen LogP contribution >= 0.6 is 15.9 Å². The lowest BCUT2D eigenvalue weighted by molar-refractivity contribution is -0.130. The van der Waals surface area contributed by atoms with Gasteiger partial charge in [0.2, 0.25) is 6.10 Å². The highest BCUT2D eigenvalue weighted by molar-refractivity contribution is 9.10. The summed E-state index contributed by atoms with van der Waals surface area (Å²) in [5.41, 5.74) is 3.04. The van der Waals surface area contributed by atoms with Crippen molar-refractivity contribution in [2.24, 2.45) is 5.10 Å². The SMILES string of the molecule is COc1cc(/C=N/NC(=O)[C@H]2COc3ccccc3O2)cc(Br)c1O. The molecule has 0 aliphatic carbocycles. The number of phenolic OH excluding ortho intramolecular Hbond substituents is 1. The van der Waals surface area contributed by atoms with Gasteiger partial charge in [-0.2, -0.15) is 5.10 Å². The predicted molar refractivity (Wildman–Crippen MR) is 94.4 cm³/mol. The Morgan fingerprint density at radius 2 is 2.16 bits per heavy atom. The molecule has 0 saturated heterocycles. The van der Waals surface area contributed by atoms with Gasteiger partial charge in [0, 0.05) is 0 Å². The third kappa shape index (κ3) is 3.85. The Hall–Kier alpha value is -2.74. The van der Waals surface area contributed by atoms with E-state index in [0.29, 0.717) is 27.3 Å². The van der Waals surface area contributed by atoms with Crippen LogP contribution in [-0.2, 0) is 4.79 Å². The maximum absolute atomic E-state index is 12.1. The summed E-state index contributed by atoms with van der Waals surface area (Å²) in [6, 6.07) is 10.4. The molecule has 0 spiro atoms. The van der Waals surface area contributed by atoms with Gasteiger partial charge in [-0.1, -0.05) is 12.1 Å². The summed E-state index contributed by atoms with van der Waals surface area (Å²) in [7, 11) is 1.45. The van der Waals surface area contributed by atoms with E-state index in [-0.39, 0.29) is 12.4 Å². The van der Waals surface area contributed by atoms with E-state index in [1.807, 2.05) is 6.07 Å². The van der Waals surface area contributed by atoms with Crippen molar-refractivity contribution in [1.82, 2.24) is 5.43 Å². The van der Waals surface area contributed by atoms with E-state index in [1.165, 1.54) is 13.3 Å². The summed E-state index contributed by atoms with van der Waals surface area (Å²) >= 11 is 3.22. The maximum Gasteiger partial charge on any atom is 0.284 e. The molecule has 0 bridgehead atoms. The zero-order valence-electron chi connectivity index (χ0n) is 13.2. The first-order valence-corrected chi connectivity index (χ1v) is 8.15. The Bertz CT molecular complexity index is 825. The summed E-state index contributed by atoms with van der Waals surface area (Å²) < 4.78 is 16.6. The summed E-state index contributed by atoms with van der Waals surface area (Å²) in [5.74, 6) is 0.995. The molecule has 2 aromatic carbocycles. The van der Waals surface area contributed by atoms with Crippen molar-refractivity contribution in [2.45, 2.75) is 6.10 Å². The predicted octanol–water partition coefficient (Wildman–Crippen LogP) is 2.45. The molecule has 0 saturated carbocycles. The number of ether oxygens (including phenoxy) is 3. The maximum atomic E-state index is 12.1. The monoisotopic (exact) mass is 406 g/mol. The van der Waals surface area contributed by atoms with E-state index in [2.05, 4.69) is 26.5 Å². The van der Waals surface area contributed by atoms with Crippen LogP contribution in [0.5, 0.6) is 23.0 Å². The third-order valence-electron chi connectivity index (χ3n) is 3.46. The van der Waals surface area contributed by atoms with Gasteiger partial charge in [-0.05, 0) is 45.8 Å². The third-order valence-corrected chi connectivity index (χ3v) is 4.06. The number of phenols is 1. The number of hydrazone groups is 1. The lowest BCUT2D eigenvalue weighted by atomic mass is 10.2. The number of halogens is 1. The zero-order chi connectivity index (χ0) is 17.8. The van der Waals surface area contributed by atoms with Crippen LogP contribution in [0.2, 0.25) is 0 Å². The van der Waals surface area contributed by atoms with Crippen LogP contribution < -0.4 is 19.6 Å². The Kier molecular flexibility index (Phi) is 5.08. The number of methoxy groups -OCH3 is 1. The highest BCUT2D eigenvalue weighted by atomic mass is 79.9. The molecule has 0 radical (unpaired) electrons. The van der Waals surface area contributed by atoms with Crippen molar-refractivity contribution in [3.8, 4) is 23.0 Å². The molecule has 1 aliphatic heterocycles. The number of hydrogen-bond acceptors (Lipinski definition) is 6. The van der Waals surface area contributed by atoms with Crippen molar-refractivity contribution in [1.29, 1.82) is 0 Å². The Balaban J connectivity index is 1.63. The number of carbonyl (C=O) groups is 1. The van der Waals surface area contributed by atoms with Crippen molar-refractivity contribution in [2.75, 3.05) is 13.7 Å². The Labute approximate surface area is 152 Å². The van der Waals surface area contributed by atoms with Gasteiger partial charge in [0.05, 0.1) is 17.8 Å². The largest absolute Gasteiger partial charge is 0.503 e. The van der Waals surface area contributed by atoms with Crippen LogP contribution in [0.3, 0.4) is 0 Å². The number of hydrogen-bond donors (Lipinski definition) is 2. The molecular formula is C17H15BrN2O5.